The highest BCUT2D eigenvalue weighted by Crippen LogP contribution is 2.29. The average Bonchev–Trinajstić information content (AvgIpc) is 2.56. The van der Waals surface area contributed by atoms with Crippen molar-refractivity contribution in [1.29, 1.82) is 0 Å². The van der Waals surface area contributed by atoms with E-state index in [1.165, 1.54) is 0 Å². The summed E-state index contributed by atoms with van der Waals surface area (Å²) in [7, 11) is 0. The summed E-state index contributed by atoms with van der Waals surface area (Å²) in [5.74, 6) is -0.105. The van der Waals surface area contributed by atoms with Crippen LogP contribution in [0.25, 0.3) is 22.3 Å². The molecule has 7 heteroatoms. The number of hydrogen-bond donors (Lipinski definition) is 2. The highest BCUT2D eigenvalue weighted by Gasteiger charge is 2.14. The van der Waals surface area contributed by atoms with Crippen LogP contribution in [0.3, 0.4) is 0 Å². The fourth-order valence-corrected chi connectivity index (χ4v) is 3.03. The molecule has 0 unspecified atom stereocenters. The lowest BCUT2D eigenvalue weighted by atomic mass is 10.1. The zero-order valence-corrected chi connectivity index (χ0v) is 15.7. The zero-order valence-electron chi connectivity index (χ0n) is 13.4. The molecule has 1 heterocycles. The van der Waals surface area contributed by atoms with Gasteiger partial charge >= 0.3 is 0 Å². The number of hydrogen-bond acceptors (Lipinski definition) is 3. The van der Waals surface area contributed by atoms with Gasteiger partial charge in [0.1, 0.15) is 5.69 Å². The Morgan fingerprint density at radius 2 is 2.08 bits per heavy atom. The van der Waals surface area contributed by atoms with Crippen LogP contribution in [-0.2, 0) is 4.79 Å². The van der Waals surface area contributed by atoms with Crippen molar-refractivity contribution in [3.05, 3.63) is 56.2 Å². The van der Waals surface area contributed by atoms with Gasteiger partial charge in [0.25, 0.3) is 5.56 Å². The summed E-state index contributed by atoms with van der Waals surface area (Å²) in [6.45, 7) is 1.93. The number of benzene rings is 2. The molecule has 0 radical (unpaired) electrons. The third-order valence-corrected chi connectivity index (χ3v) is 4.37. The van der Waals surface area contributed by atoms with Crippen LogP contribution in [0.15, 0.2) is 45.7 Å². The summed E-state index contributed by atoms with van der Waals surface area (Å²) < 4.78 is 0.781. The minimum atomic E-state index is -0.334. The molecule has 0 aliphatic carbocycles. The Hall–Kier alpha value is -2.18. The summed E-state index contributed by atoms with van der Waals surface area (Å²) in [4.78, 5) is 31.8. The number of nitrogens with one attached hydrogen (secondary N) is 2. The molecular weight excluding hydrogens is 406 g/mol. The van der Waals surface area contributed by atoms with Crippen LogP contribution >= 0.6 is 27.5 Å². The summed E-state index contributed by atoms with van der Waals surface area (Å²) >= 11 is 9.42. The van der Waals surface area contributed by atoms with Crippen molar-refractivity contribution in [2.24, 2.45) is 0 Å². The maximum absolute atomic E-state index is 12.5. The van der Waals surface area contributed by atoms with Crippen LogP contribution < -0.4 is 10.9 Å². The van der Waals surface area contributed by atoms with Gasteiger partial charge in [-0.1, -0.05) is 34.5 Å². The number of carbonyl (C=O) groups excluding carboxylic acids is 1. The molecule has 2 aromatic carbocycles. The van der Waals surface area contributed by atoms with E-state index in [9.17, 15) is 9.59 Å². The molecule has 0 bridgehead atoms. The molecule has 0 aliphatic rings. The second-order valence-electron chi connectivity index (χ2n) is 5.56. The molecule has 2 N–H and O–H groups in total. The van der Waals surface area contributed by atoms with Gasteiger partial charge in [-0.15, -0.1) is 0 Å². The van der Waals surface area contributed by atoms with Crippen molar-refractivity contribution >= 4 is 50.2 Å². The standard InChI is InChI=1S/C18H15BrClN3O2/c1-2-3-16(24)21-13-6-4-10(19)8-12(13)17-18(25)23-14-7-5-11(20)9-15(14)22-17/h4-9H,2-3H2,1H3,(H,21,24)(H,23,25). The Kier molecular flexibility index (Phi) is 5.20. The van der Waals surface area contributed by atoms with Gasteiger partial charge in [0.15, 0.2) is 0 Å². The van der Waals surface area contributed by atoms with Crippen LogP contribution in [-0.4, -0.2) is 15.9 Å². The van der Waals surface area contributed by atoms with Crippen molar-refractivity contribution in [2.75, 3.05) is 5.32 Å². The quantitative estimate of drug-likeness (QED) is 0.640. The van der Waals surface area contributed by atoms with E-state index in [4.69, 9.17) is 11.6 Å². The van der Waals surface area contributed by atoms with Gasteiger partial charge in [-0.2, -0.15) is 0 Å². The van der Waals surface area contributed by atoms with E-state index in [0.29, 0.717) is 33.7 Å². The number of fused-ring (bicyclic) bond motifs is 1. The first-order valence-electron chi connectivity index (χ1n) is 7.77. The van der Waals surface area contributed by atoms with E-state index in [1.54, 1.807) is 36.4 Å². The maximum atomic E-state index is 12.5. The van der Waals surface area contributed by atoms with Gasteiger partial charge < -0.3 is 10.3 Å². The predicted octanol–water partition coefficient (Wildman–Crippen LogP) is 4.74. The number of nitrogens with zero attached hydrogens (tertiary/aromatic N) is 1. The number of rotatable bonds is 4. The number of anilines is 1. The van der Waals surface area contributed by atoms with Crippen LogP contribution in [0.1, 0.15) is 19.8 Å². The SMILES string of the molecule is CCCC(=O)Nc1ccc(Br)cc1-c1nc2cc(Cl)ccc2[nH]c1=O. The number of amides is 1. The van der Waals surface area contributed by atoms with Gasteiger partial charge in [0, 0.05) is 21.5 Å². The molecule has 0 saturated heterocycles. The first kappa shape index (κ1) is 17.6. The minimum Gasteiger partial charge on any atom is -0.325 e. The lowest BCUT2D eigenvalue weighted by molar-refractivity contribution is -0.116. The van der Waals surface area contributed by atoms with Gasteiger partial charge in [0.2, 0.25) is 5.91 Å². The number of aromatic nitrogens is 2. The Morgan fingerprint density at radius 3 is 2.84 bits per heavy atom. The van der Waals surface area contributed by atoms with E-state index < -0.39 is 0 Å². The predicted molar refractivity (Wildman–Crippen MR) is 104 cm³/mol. The van der Waals surface area contributed by atoms with E-state index in [0.717, 1.165) is 10.9 Å². The molecule has 0 aliphatic heterocycles. The Labute approximate surface area is 157 Å². The third-order valence-electron chi connectivity index (χ3n) is 3.64. The van der Waals surface area contributed by atoms with Gasteiger partial charge in [-0.25, -0.2) is 4.98 Å². The second-order valence-corrected chi connectivity index (χ2v) is 6.92. The number of carbonyl (C=O) groups is 1. The second kappa shape index (κ2) is 7.37. The Morgan fingerprint density at radius 1 is 1.28 bits per heavy atom. The monoisotopic (exact) mass is 419 g/mol. The van der Waals surface area contributed by atoms with Crippen LogP contribution in [0.5, 0.6) is 0 Å². The maximum Gasteiger partial charge on any atom is 0.275 e. The number of H-pyrrole nitrogens is 1. The van der Waals surface area contributed by atoms with Crippen molar-refractivity contribution in [3.63, 3.8) is 0 Å². The minimum absolute atomic E-state index is 0.105. The van der Waals surface area contributed by atoms with Crippen molar-refractivity contribution in [1.82, 2.24) is 9.97 Å². The highest BCUT2D eigenvalue weighted by molar-refractivity contribution is 9.10. The van der Waals surface area contributed by atoms with Crippen molar-refractivity contribution in [3.8, 4) is 11.3 Å². The highest BCUT2D eigenvalue weighted by atomic mass is 79.9. The van der Waals surface area contributed by atoms with E-state index in [1.807, 2.05) is 6.92 Å². The van der Waals surface area contributed by atoms with E-state index >= 15 is 0 Å². The van der Waals surface area contributed by atoms with Crippen LogP contribution in [0, 0.1) is 0 Å². The fourth-order valence-electron chi connectivity index (χ4n) is 2.50. The van der Waals surface area contributed by atoms with Crippen molar-refractivity contribution < 1.29 is 4.79 Å². The largest absolute Gasteiger partial charge is 0.325 e. The first-order valence-corrected chi connectivity index (χ1v) is 8.94. The molecule has 1 amide bonds. The third kappa shape index (κ3) is 3.91. The Bertz CT molecular complexity index is 1020. The molecular formula is C18H15BrClN3O2. The molecule has 0 fully saturated rings. The Balaban J connectivity index is 2.16. The van der Waals surface area contributed by atoms with Gasteiger partial charge in [0.05, 0.1) is 16.7 Å². The molecule has 25 heavy (non-hydrogen) atoms. The number of aromatic amines is 1. The van der Waals surface area contributed by atoms with Gasteiger partial charge in [-0.05, 0) is 42.8 Å². The molecule has 5 nitrogen and oxygen atoms in total. The number of halogens is 2. The molecule has 3 aromatic rings. The zero-order chi connectivity index (χ0) is 18.0. The fraction of sp³-hybridized carbons (Fsp3) is 0.167. The summed E-state index contributed by atoms with van der Waals surface area (Å²) in [6, 6.07) is 10.4. The lowest BCUT2D eigenvalue weighted by Crippen LogP contribution is -2.15. The van der Waals surface area contributed by atoms with Crippen LogP contribution in [0.2, 0.25) is 5.02 Å². The summed E-state index contributed by atoms with van der Waals surface area (Å²) in [5.41, 5.74) is 2.15. The normalized spacial score (nSPS) is 10.8. The first-order chi connectivity index (χ1) is 12.0. The van der Waals surface area contributed by atoms with Gasteiger partial charge in [-0.3, -0.25) is 9.59 Å². The van der Waals surface area contributed by atoms with E-state index in [2.05, 4.69) is 31.2 Å². The van der Waals surface area contributed by atoms with Crippen molar-refractivity contribution in [2.45, 2.75) is 19.8 Å². The topological polar surface area (TPSA) is 74.8 Å². The molecule has 0 spiro atoms. The molecule has 0 atom stereocenters. The smallest absolute Gasteiger partial charge is 0.275 e. The molecule has 128 valence electrons. The molecule has 3 rings (SSSR count). The molecule has 0 saturated carbocycles. The van der Waals surface area contributed by atoms with Crippen LogP contribution in [0.4, 0.5) is 5.69 Å². The average molecular weight is 421 g/mol. The summed E-state index contributed by atoms with van der Waals surface area (Å²) in [6.07, 6.45) is 1.15. The molecule has 1 aromatic heterocycles. The van der Waals surface area contributed by atoms with E-state index in [-0.39, 0.29) is 17.2 Å². The lowest BCUT2D eigenvalue weighted by Gasteiger charge is -2.11. The summed E-state index contributed by atoms with van der Waals surface area (Å²) in [5, 5.41) is 3.38.